The highest BCUT2D eigenvalue weighted by atomic mass is 35.5. The first kappa shape index (κ1) is 11.2. The summed E-state index contributed by atoms with van der Waals surface area (Å²) in [5.41, 5.74) is 0. The number of likely N-dealkylation sites (tertiary alicyclic amines) is 1. The molecule has 1 fully saturated rings. The topological polar surface area (TPSA) is 4.44 Å². The van der Waals surface area contributed by atoms with Gasteiger partial charge >= 0.3 is 0 Å². The van der Waals surface area contributed by atoms with Gasteiger partial charge in [0, 0.05) is 0 Å². The molecule has 1 nitrogen and oxygen atoms in total. The van der Waals surface area contributed by atoms with Gasteiger partial charge in [-0.3, -0.25) is 0 Å². The van der Waals surface area contributed by atoms with Gasteiger partial charge < -0.3 is 17.3 Å². The van der Waals surface area contributed by atoms with Crippen molar-refractivity contribution in [1.29, 1.82) is 0 Å². The van der Waals surface area contributed by atoms with Crippen LogP contribution in [0.5, 0.6) is 0 Å². The molecule has 0 aliphatic carbocycles. The molecule has 1 aliphatic rings. The Morgan fingerprint density at radius 3 is 2.00 bits per heavy atom. The lowest BCUT2D eigenvalue weighted by Crippen LogP contribution is -3.11. The lowest BCUT2D eigenvalue weighted by atomic mass is 10.2. The van der Waals surface area contributed by atoms with E-state index < -0.39 is 0 Å². The van der Waals surface area contributed by atoms with Crippen molar-refractivity contribution in [2.75, 3.05) is 19.6 Å². The fraction of sp³-hybridized carbons (Fsp3) is 1.00. The maximum Gasteiger partial charge on any atom is 0.0770 e. The molecule has 0 aromatic rings. The van der Waals surface area contributed by atoms with E-state index in [0.29, 0.717) is 0 Å². The van der Waals surface area contributed by atoms with Crippen molar-refractivity contribution in [3.05, 3.63) is 0 Å². The molecule has 1 aliphatic heterocycles. The summed E-state index contributed by atoms with van der Waals surface area (Å²) in [6.45, 7) is 6.57. The molecule has 0 saturated carbocycles. The highest BCUT2D eigenvalue weighted by Crippen LogP contribution is 1.98. The smallest absolute Gasteiger partial charge is 0.0770 e. The molecule has 68 valence electrons. The van der Waals surface area contributed by atoms with Crippen LogP contribution in [0.2, 0.25) is 0 Å². The van der Waals surface area contributed by atoms with Crippen LogP contribution in [0.15, 0.2) is 0 Å². The molecule has 0 spiro atoms. The van der Waals surface area contributed by atoms with Crippen molar-refractivity contribution in [3.8, 4) is 0 Å². The van der Waals surface area contributed by atoms with Gasteiger partial charge in [0.2, 0.25) is 0 Å². The fourth-order valence-corrected chi connectivity index (χ4v) is 1.83. The van der Waals surface area contributed by atoms with E-state index in [9.17, 15) is 0 Å². The predicted molar refractivity (Wildman–Crippen MR) is 44.3 cm³/mol. The maximum absolute atomic E-state index is 2.29. The number of rotatable bonds is 2. The predicted octanol–water partition coefficient (Wildman–Crippen LogP) is -2.14. The van der Waals surface area contributed by atoms with Gasteiger partial charge in [-0.2, -0.15) is 0 Å². The third-order valence-electron chi connectivity index (χ3n) is 2.41. The molecule has 1 heterocycles. The summed E-state index contributed by atoms with van der Waals surface area (Å²) in [6, 6.07) is 0. The van der Waals surface area contributed by atoms with Crippen molar-refractivity contribution in [1.82, 2.24) is 0 Å². The number of halogens is 1. The zero-order valence-electron chi connectivity index (χ0n) is 7.53. The Bertz CT molecular complexity index is 77.6. The summed E-state index contributed by atoms with van der Waals surface area (Å²) in [6.07, 6.45) is 7.25. The standard InChI is InChI=1S/C9H19N.ClH/c1-2-7-10-8-5-3-4-6-9-10;/h2-9H2,1H3;1H. The molecule has 1 N–H and O–H groups in total. The molecule has 11 heavy (non-hydrogen) atoms. The average Bonchev–Trinajstić information content (AvgIpc) is 2.17. The molecular formula is C9H20ClN. The van der Waals surface area contributed by atoms with E-state index >= 15 is 0 Å². The van der Waals surface area contributed by atoms with Crippen LogP contribution in [0, 0.1) is 0 Å². The molecule has 0 radical (unpaired) electrons. The molecule has 1 saturated heterocycles. The van der Waals surface area contributed by atoms with Crippen LogP contribution in [0.25, 0.3) is 0 Å². The molecule has 2 heteroatoms. The minimum atomic E-state index is 0. The Hall–Kier alpha value is 0.250. The van der Waals surface area contributed by atoms with E-state index in [1.165, 1.54) is 51.7 Å². The fourth-order valence-electron chi connectivity index (χ4n) is 1.83. The molecule has 0 bridgehead atoms. The lowest BCUT2D eigenvalue weighted by Gasteiger charge is -2.15. The Labute approximate surface area is 76.6 Å². The summed E-state index contributed by atoms with van der Waals surface area (Å²) in [7, 11) is 0. The van der Waals surface area contributed by atoms with E-state index in [1.807, 2.05) is 4.90 Å². The largest absolute Gasteiger partial charge is 1.00 e. The Balaban J connectivity index is 0.000001000. The zero-order chi connectivity index (χ0) is 7.23. The molecule has 0 unspecified atom stereocenters. The van der Waals surface area contributed by atoms with Gasteiger partial charge in [-0.05, 0) is 32.1 Å². The van der Waals surface area contributed by atoms with Crippen LogP contribution in [0.4, 0.5) is 0 Å². The van der Waals surface area contributed by atoms with E-state index in [0.717, 1.165) is 0 Å². The first-order valence-electron chi connectivity index (χ1n) is 4.77. The van der Waals surface area contributed by atoms with E-state index in [2.05, 4.69) is 6.92 Å². The van der Waals surface area contributed by atoms with Gasteiger partial charge in [0.1, 0.15) is 0 Å². The van der Waals surface area contributed by atoms with Crippen LogP contribution in [-0.4, -0.2) is 19.6 Å². The number of hydrogen-bond donors (Lipinski definition) is 1. The normalized spacial score (nSPS) is 20.5. The zero-order valence-corrected chi connectivity index (χ0v) is 8.29. The van der Waals surface area contributed by atoms with Crippen LogP contribution < -0.4 is 17.3 Å². The Morgan fingerprint density at radius 2 is 1.55 bits per heavy atom. The summed E-state index contributed by atoms with van der Waals surface area (Å²) in [4.78, 5) is 1.85. The van der Waals surface area contributed by atoms with Crippen molar-refractivity contribution in [2.45, 2.75) is 39.0 Å². The van der Waals surface area contributed by atoms with Crippen LogP contribution in [0.3, 0.4) is 0 Å². The Morgan fingerprint density at radius 1 is 1.00 bits per heavy atom. The first-order chi connectivity index (χ1) is 4.93. The SMILES string of the molecule is CCC[NH+]1CCCCCC1.[Cl-]. The molecule has 0 amide bonds. The number of nitrogens with one attached hydrogen (secondary N) is 1. The second-order valence-electron chi connectivity index (χ2n) is 3.41. The lowest BCUT2D eigenvalue weighted by molar-refractivity contribution is -0.899. The van der Waals surface area contributed by atoms with Gasteiger partial charge in [0.05, 0.1) is 19.6 Å². The van der Waals surface area contributed by atoms with Gasteiger partial charge in [-0.25, -0.2) is 0 Å². The second kappa shape index (κ2) is 6.93. The summed E-state index contributed by atoms with van der Waals surface area (Å²) >= 11 is 0. The van der Waals surface area contributed by atoms with E-state index in [1.54, 1.807) is 0 Å². The molecule has 0 atom stereocenters. The summed E-state index contributed by atoms with van der Waals surface area (Å²) < 4.78 is 0. The number of quaternary nitrogens is 1. The van der Waals surface area contributed by atoms with E-state index in [4.69, 9.17) is 0 Å². The summed E-state index contributed by atoms with van der Waals surface area (Å²) in [5.74, 6) is 0. The minimum Gasteiger partial charge on any atom is -1.00 e. The third-order valence-corrected chi connectivity index (χ3v) is 2.41. The van der Waals surface area contributed by atoms with Crippen LogP contribution >= 0.6 is 0 Å². The Kier molecular flexibility index (Phi) is 7.09. The summed E-state index contributed by atoms with van der Waals surface area (Å²) in [5, 5.41) is 0. The van der Waals surface area contributed by atoms with Crippen molar-refractivity contribution in [2.24, 2.45) is 0 Å². The van der Waals surface area contributed by atoms with E-state index in [-0.39, 0.29) is 12.4 Å². The molecule has 1 rings (SSSR count). The molecule has 0 aromatic heterocycles. The molecule has 0 aromatic carbocycles. The monoisotopic (exact) mass is 177 g/mol. The number of hydrogen-bond acceptors (Lipinski definition) is 0. The van der Waals surface area contributed by atoms with Crippen LogP contribution in [0.1, 0.15) is 39.0 Å². The van der Waals surface area contributed by atoms with Gasteiger partial charge in [-0.15, -0.1) is 0 Å². The minimum absolute atomic E-state index is 0. The first-order valence-corrected chi connectivity index (χ1v) is 4.77. The average molecular weight is 178 g/mol. The van der Waals surface area contributed by atoms with Gasteiger partial charge in [0.25, 0.3) is 0 Å². The highest BCUT2D eigenvalue weighted by molar-refractivity contribution is 4.46. The quantitative estimate of drug-likeness (QED) is 0.491. The highest BCUT2D eigenvalue weighted by Gasteiger charge is 2.09. The maximum atomic E-state index is 2.29. The van der Waals surface area contributed by atoms with Crippen molar-refractivity contribution >= 4 is 0 Å². The second-order valence-corrected chi connectivity index (χ2v) is 3.41. The third kappa shape index (κ3) is 4.65. The van der Waals surface area contributed by atoms with Gasteiger partial charge in [-0.1, -0.05) is 6.92 Å². The van der Waals surface area contributed by atoms with Crippen molar-refractivity contribution in [3.63, 3.8) is 0 Å². The van der Waals surface area contributed by atoms with Gasteiger partial charge in [0.15, 0.2) is 0 Å². The molecular weight excluding hydrogens is 158 g/mol. The van der Waals surface area contributed by atoms with Crippen LogP contribution in [-0.2, 0) is 0 Å². The van der Waals surface area contributed by atoms with Crippen molar-refractivity contribution < 1.29 is 17.3 Å².